The molecule has 1 unspecified atom stereocenters. The van der Waals surface area contributed by atoms with Crippen LogP contribution in [0.15, 0.2) is 28.7 Å². The van der Waals surface area contributed by atoms with Crippen molar-refractivity contribution in [3.63, 3.8) is 0 Å². The molecule has 0 saturated carbocycles. The van der Waals surface area contributed by atoms with Gasteiger partial charge in [-0.15, -0.1) is 0 Å². The van der Waals surface area contributed by atoms with Gasteiger partial charge in [-0.05, 0) is 11.6 Å². The number of benzene rings is 1. The maximum Gasteiger partial charge on any atom is 0.160 e. The summed E-state index contributed by atoms with van der Waals surface area (Å²) in [6.45, 7) is 0. The first kappa shape index (κ1) is 10.2. The fraction of sp³-hybridized carbons (Fsp3) is 0.222. The van der Waals surface area contributed by atoms with Gasteiger partial charge in [0, 0.05) is 10.9 Å². The summed E-state index contributed by atoms with van der Waals surface area (Å²) in [4.78, 5) is 0. The van der Waals surface area contributed by atoms with Gasteiger partial charge in [0.15, 0.2) is 6.17 Å². The van der Waals surface area contributed by atoms with E-state index in [2.05, 4.69) is 15.9 Å². The number of nitrogens with one attached hydrogen (secondary N) is 1. The third kappa shape index (κ3) is 2.81. The molecule has 0 bridgehead atoms. The fourth-order valence-electron chi connectivity index (χ4n) is 0.967. The summed E-state index contributed by atoms with van der Waals surface area (Å²) in [5, 5.41) is 6.91. The minimum atomic E-state index is -1.39. The number of halogens is 2. The molecule has 1 aromatic rings. The molecule has 3 N–H and O–H groups in total. The Morgan fingerprint density at radius 3 is 2.69 bits per heavy atom. The molecule has 1 rings (SSSR count). The van der Waals surface area contributed by atoms with Crippen molar-refractivity contribution in [3.8, 4) is 0 Å². The van der Waals surface area contributed by atoms with E-state index in [0.29, 0.717) is 0 Å². The van der Waals surface area contributed by atoms with Crippen molar-refractivity contribution in [3.05, 3.63) is 34.3 Å². The second-order valence-corrected chi connectivity index (χ2v) is 3.57. The summed E-state index contributed by atoms with van der Waals surface area (Å²) in [5.41, 5.74) is 5.85. The van der Waals surface area contributed by atoms with Crippen LogP contribution in [0.3, 0.4) is 0 Å². The van der Waals surface area contributed by atoms with E-state index in [4.69, 9.17) is 11.1 Å². The Morgan fingerprint density at radius 2 is 2.15 bits per heavy atom. The molecular formula is C9H10BrFN2. The zero-order valence-corrected chi connectivity index (χ0v) is 8.51. The van der Waals surface area contributed by atoms with Gasteiger partial charge in [-0.2, -0.15) is 0 Å². The van der Waals surface area contributed by atoms with Gasteiger partial charge in [0.25, 0.3) is 0 Å². The molecule has 0 aliphatic heterocycles. The molecule has 0 aromatic heterocycles. The molecule has 13 heavy (non-hydrogen) atoms. The lowest BCUT2D eigenvalue weighted by atomic mass is 10.1. The molecule has 0 amide bonds. The molecule has 70 valence electrons. The molecule has 0 heterocycles. The summed E-state index contributed by atoms with van der Waals surface area (Å²) in [6.07, 6.45) is -1.24. The second kappa shape index (κ2) is 4.37. The van der Waals surface area contributed by atoms with Crippen LogP contribution in [0, 0.1) is 5.41 Å². The molecular weight excluding hydrogens is 235 g/mol. The van der Waals surface area contributed by atoms with E-state index in [1.54, 1.807) is 6.07 Å². The van der Waals surface area contributed by atoms with Gasteiger partial charge in [0.05, 0.1) is 0 Å². The SMILES string of the molecule is N=C(N)C(F)Cc1ccccc1Br. The third-order valence-corrected chi connectivity index (χ3v) is 2.47. The first-order chi connectivity index (χ1) is 6.11. The van der Waals surface area contributed by atoms with Crippen LogP contribution in [0.1, 0.15) is 5.56 Å². The predicted molar refractivity (Wildman–Crippen MR) is 54.7 cm³/mol. The summed E-state index contributed by atoms with van der Waals surface area (Å²) in [5.74, 6) is -0.421. The van der Waals surface area contributed by atoms with Crippen molar-refractivity contribution < 1.29 is 4.39 Å². The number of rotatable bonds is 3. The number of nitrogens with two attached hydrogens (primary N) is 1. The number of hydrogen-bond donors (Lipinski definition) is 2. The minimum Gasteiger partial charge on any atom is -0.385 e. The number of alkyl halides is 1. The molecule has 4 heteroatoms. The van der Waals surface area contributed by atoms with Crippen molar-refractivity contribution in [2.75, 3.05) is 0 Å². The smallest absolute Gasteiger partial charge is 0.160 e. The highest BCUT2D eigenvalue weighted by Crippen LogP contribution is 2.18. The van der Waals surface area contributed by atoms with Gasteiger partial charge in [0.1, 0.15) is 5.84 Å². The first-order valence-corrected chi connectivity index (χ1v) is 4.62. The van der Waals surface area contributed by atoms with E-state index in [1.165, 1.54) is 0 Å². The molecule has 0 fully saturated rings. The van der Waals surface area contributed by atoms with Crippen LogP contribution in [-0.2, 0) is 6.42 Å². The largest absolute Gasteiger partial charge is 0.385 e. The standard InChI is InChI=1S/C9H10BrFN2/c10-7-4-2-1-3-6(7)5-8(11)9(12)13/h1-4,8H,5H2,(H3,12,13). The first-order valence-electron chi connectivity index (χ1n) is 3.82. The highest BCUT2D eigenvalue weighted by molar-refractivity contribution is 9.10. The molecule has 0 radical (unpaired) electrons. The average Bonchev–Trinajstić information content (AvgIpc) is 2.08. The highest BCUT2D eigenvalue weighted by atomic mass is 79.9. The van der Waals surface area contributed by atoms with E-state index < -0.39 is 12.0 Å². The Bertz CT molecular complexity index is 314. The maximum absolute atomic E-state index is 13.0. The summed E-state index contributed by atoms with van der Waals surface area (Å²) in [6, 6.07) is 7.32. The monoisotopic (exact) mass is 244 g/mol. The lowest BCUT2D eigenvalue weighted by Gasteiger charge is -2.07. The lowest BCUT2D eigenvalue weighted by Crippen LogP contribution is -2.25. The Balaban J connectivity index is 2.74. The summed E-state index contributed by atoms with van der Waals surface area (Å²) >= 11 is 3.30. The Hall–Kier alpha value is -0.900. The number of hydrogen-bond acceptors (Lipinski definition) is 1. The van der Waals surface area contributed by atoms with Gasteiger partial charge in [0.2, 0.25) is 0 Å². The molecule has 1 atom stereocenters. The molecule has 0 aliphatic rings. The average molecular weight is 245 g/mol. The fourth-order valence-corrected chi connectivity index (χ4v) is 1.41. The summed E-state index contributed by atoms with van der Waals surface area (Å²) in [7, 11) is 0. The van der Waals surface area contributed by atoms with Gasteiger partial charge < -0.3 is 5.73 Å². The van der Waals surface area contributed by atoms with E-state index in [9.17, 15) is 4.39 Å². The van der Waals surface area contributed by atoms with Gasteiger partial charge in [-0.1, -0.05) is 34.1 Å². The van der Waals surface area contributed by atoms with Crippen LogP contribution < -0.4 is 5.73 Å². The van der Waals surface area contributed by atoms with Gasteiger partial charge >= 0.3 is 0 Å². The Kier molecular flexibility index (Phi) is 3.42. The number of amidine groups is 1. The molecule has 1 aromatic carbocycles. The molecule has 0 aliphatic carbocycles. The quantitative estimate of drug-likeness (QED) is 0.622. The van der Waals surface area contributed by atoms with Crippen LogP contribution in [0.2, 0.25) is 0 Å². The predicted octanol–water partition coefficient (Wildman–Crippen LogP) is 2.27. The summed E-state index contributed by atoms with van der Waals surface area (Å²) < 4.78 is 13.9. The molecule has 0 saturated heterocycles. The Labute approximate surface area is 84.6 Å². The van der Waals surface area contributed by atoms with Crippen LogP contribution in [0.5, 0.6) is 0 Å². The van der Waals surface area contributed by atoms with Gasteiger partial charge in [-0.25, -0.2) is 4.39 Å². The van der Waals surface area contributed by atoms with Crippen molar-refractivity contribution >= 4 is 21.8 Å². The Morgan fingerprint density at radius 1 is 1.54 bits per heavy atom. The van der Waals surface area contributed by atoms with Crippen molar-refractivity contribution in [1.29, 1.82) is 5.41 Å². The van der Waals surface area contributed by atoms with E-state index in [-0.39, 0.29) is 6.42 Å². The molecule has 0 spiro atoms. The second-order valence-electron chi connectivity index (χ2n) is 2.72. The zero-order valence-electron chi connectivity index (χ0n) is 6.93. The normalized spacial score (nSPS) is 12.5. The van der Waals surface area contributed by atoms with Crippen LogP contribution in [-0.4, -0.2) is 12.0 Å². The van der Waals surface area contributed by atoms with E-state index in [0.717, 1.165) is 10.0 Å². The lowest BCUT2D eigenvalue weighted by molar-refractivity contribution is 0.418. The van der Waals surface area contributed by atoms with Crippen LogP contribution in [0.4, 0.5) is 4.39 Å². The van der Waals surface area contributed by atoms with Crippen LogP contribution >= 0.6 is 15.9 Å². The van der Waals surface area contributed by atoms with E-state index >= 15 is 0 Å². The van der Waals surface area contributed by atoms with Gasteiger partial charge in [-0.3, -0.25) is 5.41 Å². The molecule has 2 nitrogen and oxygen atoms in total. The highest BCUT2D eigenvalue weighted by Gasteiger charge is 2.11. The zero-order chi connectivity index (χ0) is 9.84. The third-order valence-electron chi connectivity index (χ3n) is 1.69. The maximum atomic E-state index is 13.0. The van der Waals surface area contributed by atoms with Crippen LogP contribution in [0.25, 0.3) is 0 Å². The minimum absolute atomic E-state index is 0.150. The van der Waals surface area contributed by atoms with Crippen molar-refractivity contribution in [2.45, 2.75) is 12.6 Å². The van der Waals surface area contributed by atoms with Crippen molar-refractivity contribution in [2.24, 2.45) is 5.73 Å². The topological polar surface area (TPSA) is 49.9 Å². The van der Waals surface area contributed by atoms with Crippen molar-refractivity contribution in [1.82, 2.24) is 0 Å². The van der Waals surface area contributed by atoms with E-state index in [1.807, 2.05) is 18.2 Å².